The van der Waals surface area contributed by atoms with Crippen LogP contribution in [-0.2, 0) is 11.2 Å². The molecule has 0 radical (unpaired) electrons. The fourth-order valence-electron chi connectivity index (χ4n) is 2.12. The van der Waals surface area contributed by atoms with E-state index in [9.17, 15) is 9.59 Å². The van der Waals surface area contributed by atoms with Gasteiger partial charge in [-0.05, 0) is 31.0 Å². The van der Waals surface area contributed by atoms with Gasteiger partial charge in [-0.15, -0.1) is 0 Å². The molecule has 2 rings (SSSR count). The van der Waals surface area contributed by atoms with Crippen molar-refractivity contribution in [2.75, 3.05) is 11.9 Å². The predicted molar refractivity (Wildman–Crippen MR) is 89.7 cm³/mol. The number of amides is 2. The molecule has 23 heavy (non-hydrogen) atoms. The van der Waals surface area contributed by atoms with Crippen LogP contribution in [0.3, 0.4) is 0 Å². The molecule has 0 bridgehead atoms. The molecule has 1 aromatic heterocycles. The topological polar surface area (TPSA) is 86.9 Å². The fraction of sp³-hybridized carbons (Fsp3) is 0.312. The highest BCUT2D eigenvalue weighted by molar-refractivity contribution is 6.31. The number of nitrogens with one attached hydrogen (secondary N) is 3. The van der Waals surface area contributed by atoms with E-state index in [0.717, 1.165) is 11.3 Å². The van der Waals surface area contributed by atoms with Crippen LogP contribution in [0, 0.1) is 6.92 Å². The summed E-state index contributed by atoms with van der Waals surface area (Å²) in [6.07, 6.45) is 2.36. The van der Waals surface area contributed by atoms with Crippen LogP contribution in [0.5, 0.6) is 0 Å². The first kappa shape index (κ1) is 17.0. The van der Waals surface area contributed by atoms with Crippen LogP contribution in [0.4, 0.5) is 5.69 Å². The molecule has 0 fully saturated rings. The van der Waals surface area contributed by atoms with Gasteiger partial charge in [0, 0.05) is 29.4 Å². The third kappa shape index (κ3) is 4.32. The first-order valence-electron chi connectivity index (χ1n) is 7.38. The molecular weight excluding hydrogens is 316 g/mol. The zero-order valence-corrected chi connectivity index (χ0v) is 13.8. The van der Waals surface area contributed by atoms with Gasteiger partial charge in [0.15, 0.2) is 0 Å². The Kier molecular flexibility index (Phi) is 5.76. The molecule has 0 aliphatic rings. The highest BCUT2D eigenvalue weighted by Crippen LogP contribution is 2.22. The van der Waals surface area contributed by atoms with E-state index in [1.165, 1.54) is 6.20 Å². The number of benzene rings is 1. The standard InChI is InChI=1S/C16H19ClN4O2/c1-3-13-11(9-19-21-13)16(23)18-8-7-15(22)20-14-6-4-5-12(17)10(14)2/h4-6,9H,3,7-8H2,1-2H3,(H,18,23)(H,19,21)(H,20,22). The van der Waals surface area contributed by atoms with E-state index in [4.69, 9.17) is 11.6 Å². The zero-order valence-electron chi connectivity index (χ0n) is 13.1. The average molecular weight is 335 g/mol. The van der Waals surface area contributed by atoms with Gasteiger partial charge in [0.25, 0.3) is 5.91 Å². The normalized spacial score (nSPS) is 10.4. The number of nitrogens with zero attached hydrogens (tertiary/aromatic N) is 1. The van der Waals surface area contributed by atoms with Gasteiger partial charge >= 0.3 is 0 Å². The van der Waals surface area contributed by atoms with Crippen LogP contribution in [0.1, 0.15) is 35.0 Å². The van der Waals surface area contributed by atoms with Crippen molar-refractivity contribution in [2.24, 2.45) is 0 Å². The Balaban J connectivity index is 1.83. The minimum absolute atomic E-state index is 0.178. The van der Waals surface area contributed by atoms with Gasteiger partial charge in [-0.25, -0.2) is 0 Å². The lowest BCUT2D eigenvalue weighted by atomic mass is 10.2. The molecular formula is C16H19ClN4O2. The minimum Gasteiger partial charge on any atom is -0.351 e. The number of hydrogen-bond acceptors (Lipinski definition) is 3. The van der Waals surface area contributed by atoms with Crippen molar-refractivity contribution in [1.82, 2.24) is 15.5 Å². The van der Waals surface area contributed by atoms with Crippen molar-refractivity contribution in [1.29, 1.82) is 0 Å². The Hall–Kier alpha value is -2.34. The number of anilines is 1. The molecule has 0 atom stereocenters. The minimum atomic E-state index is -0.234. The van der Waals surface area contributed by atoms with Crippen LogP contribution in [0.25, 0.3) is 0 Å². The molecule has 0 saturated heterocycles. The van der Waals surface area contributed by atoms with Crippen LogP contribution in [0.2, 0.25) is 5.02 Å². The lowest BCUT2D eigenvalue weighted by Gasteiger charge is -2.10. The molecule has 7 heteroatoms. The van der Waals surface area contributed by atoms with Gasteiger partial charge < -0.3 is 10.6 Å². The summed E-state index contributed by atoms with van der Waals surface area (Å²) in [5, 5.41) is 12.7. The molecule has 0 saturated carbocycles. The molecule has 2 aromatic rings. The summed E-state index contributed by atoms with van der Waals surface area (Å²) < 4.78 is 0. The third-order valence-electron chi connectivity index (χ3n) is 3.50. The summed E-state index contributed by atoms with van der Waals surface area (Å²) in [4.78, 5) is 23.9. The van der Waals surface area contributed by atoms with E-state index in [1.807, 2.05) is 13.8 Å². The molecule has 0 spiro atoms. The number of carbonyl (C=O) groups excluding carboxylic acids is 2. The quantitative estimate of drug-likeness (QED) is 0.759. The van der Waals surface area contributed by atoms with E-state index in [-0.39, 0.29) is 24.8 Å². The molecule has 0 aliphatic heterocycles. The number of rotatable bonds is 6. The van der Waals surface area contributed by atoms with Gasteiger partial charge in [-0.1, -0.05) is 24.6 Å². The maximum Gasteiger partial charge on any atom is 0.254 e. The molecule has 6 nitrogen and oxygen atoms in total. The van der Waals surface area contributed by atoms with Crippen LogP contribution in [-0.4, -0.2) is 28.6 Å². The van der Waals surface area contributed by atoms with Crippen molar-refractivity contribution in [3.05, 3.63) is 46.2 Å². The SMILES string of the molecule is CCc1[nH]ncc1C(=O)NCCC(=O)Nc1cccc(Cl)c1C. The number of halogens is 1. The summed E-state index contributed by atoms with van der Waals surface area (Å²) in [7, 11) is 0. The van der Waals surface area contributed by atoms with E-state index in [1.54, 1.807) is 18.2 Å². The van der Waals surface area contributed by atoms with Crippen molar-refractivity contribution < 1.29 is 9.59 Å². The highest BCUT2D eigenvalue weighted by atomic mass is 35.5. The van der Waals surface area contributed by atoms with E-state index >= 15 is 0 Å². The summed E-state index contributed by atoms with van der Waals surface area (Å²) in [5.74, 6) is -0.416. The summed E-state index contributed by atoms with van der Waals surface area (Å²) in [5.41, 5.74) is 2.79. The van der Waals surface area contributed by atoms with Gasteiger partial charge in [-0.2, -0.15) is 5.10 Å². The molecule has 1 aromatic carbocycles. The lowest BCUT2D eigenvalue weighted by molar-refractivity contribution is -0.116. The highest BCUT2D eigenvalue weighted by Gasteiger charge is 2.13. The Morgan fingerprint density at radius 1 is 1.35 bits per heavy atom. The lowest BCUT2D eigenvalue weighted by Crippen LogP contribution is -2.28. The first-order chi connectivity index (χ1) is 11.0. The number of aryl methyl sites for hydroxylation is 1. The molecule has 1 heterocycles. The monoisotopic (exact) mass is 334 g/mol. The fourth-order valence-corrected chi connectivity index (χ4v) is 2.29. The van der Waals surface area contributed by atoms with Crippen LogP contribution in [0.15, 0.2) is 24.4 Å². The van der Waals surface area contributed by atoms with Gasteiger partial charge in [0.1, 0.15) is 0 Å². The molecule has 2 amide bonds. The predicted octanol–water partition coefficient (Wildman–Crippen LogP) is 2.69. The third-order valence-corrected chi connectivity index (χ3v) is 3.91. The zero-order chi connectivity index (χ0) is 16.8. The number of H-pyrrole nitrogens is 1. The van der Waals surface area contributed by atoms with Crippen molar-refractivity contribution in [3.63, 3.8) is 0 Å². The van der Waals surface area contributed by atoms with E-state index in [0.29, 0.717) is 22.7 Å². The van der Waals surface area contributed by atoms with Crippen molar-refractivity contribution in [2.45, 2.75) is 26.7 Å². The average Bonchev–Trinajstić information content (AvgIpc) is 3.00. The maximum atomic E-state index is 12.0. The van der Waals surface area contributed by atoms with E-state index < -0.39 is 0 Å². The Morgan fingerprint density at radius 3 is 2.87 bits per heavy atom. The number of carbonyl (C=O) groups is 2. The number of hydrogen-bond donors (Lipinski definition) is 3. The van der Waals surface area contributed by atoms with Gasteiger partial charge in [0.05, 0.1) is 11.8 Å². The van der Waals surface area contributed by atoms with Crippen LogP contribution < -0.4 is 10.6 Å². The van der Waals surface area contributed by atoms with Crippen LogP contribution >= 0.6 is 11.6 Å². The first-order valence-corrected chi connectivity index (χ1v) is 7.76. The molecule has 0 aliphatic carbocycles. The Morgan fingerprint density at radius 2 is 2.13 bits per heavy atom. The molecule has 122 valence electrons. The summed E-state index contributed by atoms with van der Waals surface area (Å²) in [6, 6.07) is 5.33. The van der Waals surface area contributed by atoms with Crippen molar-refractivity contribution >= 4 is 29.1 Å². The second-order valence-electron chi connectivity index (χ2n) is 5.08. The summed E-state index contributed by atoms with van der Waals surface area (Å²) >= 11 is 6.01. The molecule has 0 unspecified atom stereocenters. The second kappa shape index (κ2) is 7.78. The number of aromatic amines is 1. The second-order valence-corrected chi connectivity index (χ2v) is 5.49. The Labute approximate surface area is 139 Å². The van der Waals surface area contributed by atoms with Crippen molar-refractivity contribution in [3.8, 4) is 0 Å². The van der Waals surface area contributed by atoms with E-state index in [2.05, 4.69) is 20.8 Å². The smallest absolute Gasteiger partial charge is 0.254 e. The molecule has 3 N–H and O–H groups in total. The van der Waals surface area contributed by atoms with Gasteiger partial charge in [-0.3, -0.25) is 14.7 Å². The maximum absolute atomic E-state index is 12.0. The largest absolute Gasteiger partial charge is 0.351 e. The summed E-state index contributed by atoms with van der Waals surface area (Å²) in [6.45, 7) is 4.02. The van der Waals surface area contributed by atoms with Gasteiger partial charge in [0.2, 0.25) is 5.91 Å². The Bertz CT molecular complexity index is 712. The number of aromatic nitrogens is 2.